The Morgan fingerprint density at radius 1 is 1.71 bits per heavy atom. The summed E-state index contributed by atoms with van der Waals surface area (Å²) in [5.74, 6) is 0.468. The molecule has 0 atom stereocenters. The van der Waals surface area contributed by atoms with Gasteiger partial charge >= 0.3 is 0 Å². The second-order valence-corrected chi connectivity index (χ2v) is 0.859. The third kappa shape index (κ3) is 5.56. The van der Waals surface area contributed by atoms with Gasteiger partial charge in [-0.05, 0) is 0 Å². The van der Waals surface area contributed by atoms with Crippen LogP contribution in [0.25, 0.3) is 0 Å². The van der Waals surface area contributed by atoms with E-state index in [1.54, 1.807) is 14.1 Å². The molecule has 0 radical (unpaired) electrons. The fourth-order valence-corrected chi connectivity index (χ4v) is 0.112. The van der Waals surface area contributed by atoms with Crippen LogP contribution in [-0.4, -0.2) is 20.1 Å². The molecule has 0 saturated carbocycles. The third-order valence-electron chi connectivity index (χ3n) is 0.497. The smallest absolute Gasteiger partial charge is 0.188 e. The zero-order chi connectivity index (χ0) is 4.99. The number of guanidine groups is 1. The van der Waals surface area contributed by atoms with Gasteiger partial charge in [0.15, 0.2) is 5.96 Å². The van der Waals surface area contributed by atoms with E-state index >= 15 is 0 Å². The molecule has 3 N–H and O–H groups in total. The first-order valence-corrected chi connectivity index (χ1v) is 1.71. The van der Waals surface area contributed by atoms with E-state index in [9.17, 15) is 0 Å². The van der Waals surface area contributed by atoms with Gasteiger partial charge in [-0.1, -0.05) is 0 Å². The molecule has 3 nitrogen and oxygen atoms in total. The van der Waals surface area contributed by atoms with E-state index in [0.29, 0.717) is 5.96 Å². The standard InChI is InChI=1S/C3H9N3.ClH/c1-5-3(4)6-2;/h1-2H3,(H3,4,5,6);1H. The normalized spacial score (nSPS) is 9.71. The maximum Gasteiger partial charge on any atom is 0.188 e. The summed E-state index contributed by atoms with van der Waals surface area (Å²) < 4.78 is 0. The minimum Gasteiger partial charge on any atom is -0.370 e. The quantitative estimate of drug-likeness (QED) is 0.339. The number of rotatable bonds is 0. The molecular formula is C3H10ClN3. The number of aliphatic imine (C=N–C) groups is 1. The maximum absolute atomic E-state index is 5.11. The van der Waals surface area contributed by atoms with Gasteiger partial charge in [0.1, 0.15) is 0 Å². The van der Waals surface area contributed by atoms with Crippen LogP contribution >= 0.6 is 12.4 Å². The molecule has 44 valence electrons. The van der Waals surface area contributed by atoms with Crippen molar-refractivity contribution in [2.24, 2.45) is 10.7 Å². The Balaban J connectivity index is 0. The molecule has 0 fully saturated rings. The molecule has 4 heteroatoms. The van der Waals surface area contributed by atoms with Crippen LogP contribution in [0.2, 0.25) is 0 Å². The average molecular weight is 124 g/mol. The summed E-state index contributed by atoms with van der Waals surface area (Å²) in [4.78, 5) is 3.59. The highest BCUT2D eigenvalue weighted by Gasteiger charge is 1.71. The van der Waals surface area contributed by atoms with Crippen LogP contribution < -0.4 is 11.1 Å². The van der Waals surface area contributed by atoms with Gasteiger partial charge in [0, 0.05) is 14.1 Å². The minimum absolute atomic E-state index is 0. The van der Waals surface area contributed by atoms with Gasteiger partial charge in [-0.2, -0.15) is 0 Å². The fourth-order valence-electron chi connectivity index (χ4n) is 0.112. The van der Waals surface area contributed by atoms with Crippen molar-refractivity contribution in [3.05, 3.63) is 0 Å². The summed E-state index contributed by atoms with van der Waals surface area (Å²) in [5, 5.41) is 2.64. The van der Waals surface area contributed by atoms with Crippen molar-refractivity contribution in [1.82, 2.24) is 5.32 Å². The number of nitrogens with zero attached hydrogens (tertiary/aromatic N) is 1. The van der Waals surface area contributed by atoms with Gasteiger partial charge in [0.2, 0.25) is 0 Å². The zero-order valence-corrected chi connectivity index (χ0v) is 5.25. The van der Waals surface area contributed by atoms with Crippen LogP contribution in [0, 0.1) is 0 Å². The maximum atomic E-state index is 5.11. The van der Waals surface area contributed by atoms with Crippen LogP contribution in [0.15, 0.2) is 4.99 Å². The van der Waals surface area contributed by atoms with E-state index < -0.39 is 0 Å². The molecule has 0 amide bonds. The molecular weight excluding hydrogens is 114 g/mol. The Kier molecular flexibility index (Phi) is 7.75. The summed E-state index contributed by atoms with van der Waals surface area (Å²) >= 11 is 0. The number of halogens is 1. The van der Waals surface area contributed by atoms with E-state index in [2.05, 4.69) is 10.3 Å². The van der Waals surface area contributed by atoms with Gasteiger partial charge in [-0.15, -0.1) is 12.4 Å². The van der Waals surface area contributed by atoms with Crippen LogP contribution in [-0.2, 0) is 0 Å². The second-order valence-electron chi connectivity index (χ2n) is 0.859. The van der Waals surface area contributed by atoms with Crippen molar-refractivity contribution in [1.29, 1.82) is 0 Å². The molecule has 0 aliphatic heterocycles. The molecule has 0 saturated heterocycles. The van der Waals surface area contributed by atoms with Crippen molar-refractivity contribution >= 4 is 18.4 Å². The monoisotopic (exact) mass is 123 g/mol. The van der Waals surface area contributed by atoms with Gasteiger partial charge < -0.3 is 11.1 Å². The van der Waals surface area contributed by atoms with Gasteiger partial charge in [-0.3, -0.25) is 4.99 Å². The third-order valence-corrected chi connectivity index (χ3v) is 0.497. The molecule has 0 unspecified atom stereocenters. The molecule has 0 aliphatic carbocycles. The Labute approximate surface area is 49.4 Å². The molecule has 0 rings (SSSR count). The highest BCUT2D eigenvalue weighted by molar-refractivity contribution is 5.85. The predicted octanol–water partition coefficient (Wildman–Crippen LogP) is -0.428. The van der Waals surface area contributed by atoms with E-state index in [4.69, 9.17) is 5.73 Å². The molecule has 0 aromatic rings. The van der Waals surface area contributed by atoms with Gasteiger partial charge in [0.25, 0.3) is 0 Å². The lowest BCUT2D eigenvalue weighted by Gasteiger charge is -1.90. The second kappa shape index (κ2) is 5.56. The lowest BCUT2D eigenvalue weighted by atomic mass is 11.0. The molecule has 0 aliphatic rings. The Hall–Kier alpha value is -0.440. The molecule has 0 bridgehead atoms. The largest absolute Gasteiger partial charge is 0.370 e. The Morgan fingerprint density at radius 3 is 2.14 bits per heavy atom. The minimum atomic E-state index is 0. The van der Waals surface area contributed by atoms with Gasteiger partial charge in [-0.25, -0.2) is 0 Å². The van der Waals surface area contributed by atoms with Crippen molar-refractivity contribution < 1.29 is 0 Å². The predicted molar refractivity (Wildman–Crippen MR) is 33.9 cm³/mol. The van der Waals surface area contributed by atoms with Crippen LogP contribution in [0.1, 0.15) is 0 Å². The fraction of sp³-hybridized carbons (Fsp3) is 0.667. The SMILES string of the molecule is CN=C(N)NC.Cl. The molecule has 0 heterocycles. The Morgan fingerprint density at radius 2 is 2.14 bits per heavy atom. The van der Waals surface area contributed by atoms with Crippen molar-refractivity contribution in [2.75, 3.05) is 14.1 Å². The van der Waals surface area contributed by atoms with E-state index in [0.717, 1.165) is 0 Å². The number of hydrogen-bond acceptors (Lipinski definition) is 1. The van der Waals surface area contributed by atoms with Crippen molar-refractivity contribution in [2.45, 2.75) is 0 Å². The van der Waals surface area contributed by atoms with Crippen molar-refractivity contribution in [3.8, 4) is 0 Å². The first kappa shape index (κ1) is 9.75. The lowest BCUT2D eigenvalue weighted by molar-refractivity contribution is 1.12. The number of nitrogens with two attached hydrogens (primary N) is 1. The van der Waals surface area contributed by atoms with Crippen molar-refractivity contribution in [3.63, 3.8) is 0 Å². The summed E-state index contributed by atoms with van der Waals surface area (Å²) in [6.45, 7) is 0. The highest BCUT2D eigenvalue weighted by atomic mass is 35.5. The van der Waals surface area contributed by atoms with Crippen LogP contribution in [0.5, 0.6) is 0 Å². The van der Waals surface area contributed by atoms with E-state index in [1.165, 1.54) is 0 Å². The summed E-state index contributed by atoms with van der Waals surface area (Å²) in [7, 11) is 3.36. The molecule has 0 spiro atoms. The first-order chi connectivity index (χ1) is 2.81. The number of hydrogen-bond donors (Lipinski definition) is 2. The molecule has 7 heavy (non-hydrogen) atoms. The lowest BCUT2D eigenvalue weighted by Crippen LogP contribution is -2.27. The number of nitrogens with one attached hydrogen (secondary N) is 1. The average Bonchev–Trinajstić information content (AvgIpc) is 1.65. The van der Waals surface area contributed by atoms with E-state index in [1.807, 2.05) is 0 Å². The van der Waals surface area contributed by atoms with E-state index in [-0.39, 0.29) is 12.4 Å². The summed E-state index contributed by atoms with van der Waals surface area (Å²) in [5.41, 5.74) is 5.11. The summed E-state index contributed by atoms with van der Waals surface area (Å²) in [6.07, 6.45) is 0. The Bertz CT molecular complexity index is 61.2. The first-order valence-electron chi connectivity index (χ1n) is 1.71. The zero-order valence-electron chi connectivity index (χ0n) is 4.43. The highest BCUT2D eigenvalue weighted by Crippen LogP contribution is 1.48. The van der Waals surface area contributed by atoms with Gasteiger partial charge in [0.05, 0.1) is 0 Å². The topological polar surface area (TPSA) is 50.4 Å². The molecule has 0 aromatic carbocycles. The molecule has 0 aromatic heterocycles. The van der Waals surface area contributed by atoms with Crippen LogP contribution in [0.3, 0.4) is 0 Å². The summed E-state index contributed by atoms with van der Waals surface area (Å²) in [6, 6.07) is 0. The van der Waals surface area contributed by atoms with Crippen LogP contribution in [0.4, 0.5) is 0 Å².